The highest BCUT2D eigenvalue weighted by molar-refractivity contribution is 7.85. The predicted molar refractivity (Wildman–Crippen MR) is 140 cm³/mol. The lowest BCUT2D eigenvalue weighted by atomic mass is 10.1. The lowest BCUT2D eigenvalue weighted by Gasteiger charge is -2.16. The number of likely N-dealkylation sites (N-methyl/N-ethyl adjacent to an activating group) is 2. The van der Waals surface area contributed by atoms with Crippen LogP contribution in [0.15, 0.2) is 60.9 Å². The lowest BCUT2D eigenvalue weighted by Crippen LogP contribution is -2.24. The van der Waals surface area contributed by atoms with Gasteiger partial charge in [0.25, 0.3) is 10.1 Å². The van der Waals surface area contributed by atoms with Crippen molar-refractivity contribution < 1.29 is 12.6 Å². The molecular formula is C26H36N4O3S. The van der Waals surface area contributed by atoms with Gasteiger partial charge >= 0.3 is 0 Å². The Labute approximate surface area is 203 Å². The third kappa shape index (κ3) is 6.48. The van der Waals surface area contributed by atoms with Crippen LogP contribution in [-0.4, -0.2) is 67.8 Å². The molecule has 2 aromatic heterocycles. The Bertz CT molecular complexity index is 1330. The Morgan fingerprint density at radius 1 is 1.06 bits per heavy atom. The molecule has 184 valence electrons. The smallest absolute Gasteiger partial charge is 0.264 e. The summed E-state index contributed by atoms with van der Waals surface area (Å²) in [6.45, 7) is 4.79. The highest BCUT2D eigenvalue weighted by atomic mass is 32.2. The van der Waals surface area contributed by atoms with Crippen LogP contribution in [0.2, 0.25) is 0 Å². The zero-order valence-electron chi connectivity index (χ0n) is 19.5. The number of aromatic amines is 1. The first kappa shape index (κ1) is 26.0. The minimum absolute atomic E-state index is 0. The van der Waals surface area contributed by atoms with E-state index < -0.39 is 10.1 Å². The summed E-state index contributed by atoms with van der Waals surface area (Å²) < 4.78 is 28.8. The van der Waals surface area contributed by atoms with Gasteiger partial charge in [0.1, 0.15) is 0 Å². The van der Waals surface area contributed by atoms with E-state index in [0.29, 0.717) is 6.54 Å². The molecule has 3 heterocycles. The molecule has 5 rings (SSSR count). The Hall–Kier alpha value is -2.65. The number of aromatic nitrogens is 2. The molecule has 1 aliphatic heterocycles. The van der Waals surface area contributed by atoms with Gasteiger partial charge in [-0.25, -0.2) is 0 Å². The molecule has 0 aliphatic carbocycles. The molecule has 0 atom stereocenters. The summed E-state index contributed by atoms with van der Waals surface area (Å²) in [5, 5.41) is 2.55. The van der Waals surface area contributed by atoms with Crippen LogP contribution >= 0.6 is 0 Å². The van der Waals surface area contributed by atoms with Crippen LogP contribution in [0.1, 0.15) is 18.6 Å². The van der Waals surface area contributed by atoms with E-state index in [1.165, 1.54) is 27.4 Å². The Morgan fingerprint density at radius 2 is 1.82 bits per heavy atom. The average Bonchev–Trinajstić information content (AvgIpc) is 3.36. The van der Waals surface area contributed by atoms with Crippen molar-refractivity contribution in [2.24, 2.45) is 0 Å². The third-order valence-corrected chi connectivity index (χ3v) is 6.51. The molecule has 0 spiro atoms. The molecule has 0 radical (unpaired) electrons. The van der Waals surface area contributed by atoms with Gasteiger partial charge in [-0.05, 0) is 48.1 Å². The molecule has 0 bridgehead atoms. The normalized spacial score (nSPS) is 14.0. The molecule has 34 heavy (non-hydrogen) atoms. The van der Waals surface area contributed by atoms with Crippen molar-refractivity contribution in [2.45, 2.75) is 27.1 Å². The number of benzene rings is 2. The van der Waals surface area contributed by atoms with E-state index in [2.05, 4.69) is 64.1 Å². The van der Waals surface area contributed by atoms with Crippen LogP contribution < -0.4 is 0 Å². The van der Waals surface area contributed by atoms with Crippen molar-refractivity contribution >= 4 is 31.9 Å². The molecule has 4 aromatic rings. The summed E-state index contributed by atoms with van der Waals surface area (Å²) in [6, 6.07) is 17.0. The van der Waals surface area contributed by atoms with Crippen molar-refractivity contribution in [1.82, 2.24) is 19.4 Å². The molecule has 0 saturated heterocycles. The van der Waals surface area contributed by atoms with Crippen molar-refractivity contribution in [3.8, 4) is 0 Å². The second kappa shape index (κ2) is 11.2. The van der Waals surface area contributed by atoms with Gasteiger partial charge in [0.15, 0.2) is 0 Å². The van der Waals surface area contributed by atoms with Crippen LogP contribution in [0, 0.1) is 0 Å². The molecule has 0 unspecified atom stereocenters. The molecule has 2 aromatic carbocycles. The molecule has 8 heteroatoms. The van der Waals surface area contributed by atoms with Gasteiger partial charge in [-0.2, -0.15) is 8.42 Å². The monoisotopic (exact) mass is 484 g/mol. The summed E-state index contributed by atoms with van der Waals surface area (Å²) in [5.74, 6) is 0. The maximum atomic E-state index is 10.9. The maximum absolute atomic E-state index is 10.9. The summed E-state index contributed by atoms with van der Waals surface area (Å²) >= 11 is 0. The van der Waals surface area contributed by atoms with E-state index in [1.807, 2.05) is 30.3 Å². The predicted octanol–water partition coefficient (Wildman–Crippen LogP) is 4.30. The number of hydrogen-bond donors (Lipinski definition) is 1. The zero-order chi connectivity index (χ0) is 23.4. The van der Waals surface area contributed by atoms with Crippen molar-refractivity contribution in [2.75, 3.05) is 40.0 Å². The van der Waals surface area contributed by atoms with Crippen LogP contribution in [0.4, 0.5) is 0 Å². The summed E-state index contributed by atoms with van der Waals surface area (Å²) in [4.78, 5) is 7.63. The van der Waals surface area contributed by atoms with Crippen LogP contribution in [0.5, 0.6) is 0 Å². The van der Waals surface area contributed by atoms with Crippen LogP contribution in [0.3, 0.4) is 0 Å². The molecule has 0 amide bonds. The molecule has 1 N–H and O–H groups in total. The van der Waals surface area contributed by atoms with Gasteiger partial charge < -0.3 is 14.5 Å². The number of nitrogens with one attached hydrogen (secondary N) is 1. The van der Waals surface area contributed by atoms with E-state index in [0.717, 1.165) is 38.0 Å². The largest absolute Gasteiger partial charge is 0.361 e. The van der Waals surface area contributed by atoms with Crippen LogP contribution in [-0.2, 0) is 33.9 Å². The van der Waals surface area contributed by atoms with E-state index >= 15 is 0 Å². The van der Waals surface area contributed by atoms with Gasteiger partial charge in [-0.15, -0.1) is 0 Å². The molecule has 7 nitrogen and oxygen atoms in total. The number of rotatable bonds is 6. The molecule has 0 saturated carbocycles. The van der Waals surface area contributed by atoms with E-state index in [9.17, 15) is 8.42 Å². The van der Waals surface area contributed by atoms with Gasteiger partial charge in [0, 0.05) is 50.6 Å². The van der Waals surface area contributed by atoms with E-state index in [4.69, 9.17) is 4.18 Å². The highest BCUT2D eigenvalue weighted by Gasteiger charge is 2.12. The van der Waals surface area contributed by atoms with Crippen molar-refractivity contribution in [1.29, 1.82) is 0 Å². The Balaban J connectivity index is 0.000000192. The lowest BCUT2D eigenvalue weighted by molar-refractivity contribution is 0.238. The summed E-state index contributed by atoms with van der Waals surface area (Å²) in [5.41, 5.74) is 5.19. The number of fused-ring (bicyclic) bond motifs is 1. The van der Waals surface area contributed by atoms with Gasteiger partial charge in [0.2, 0.25) is 0 Å². The highest BCUT2D eigenvalue weighted by Crippen LogP contribution is 2.23. The van der Waals surface area contributed by atoms with Gasteiger partial charge in [-0.3, -0.25) is 9.08 Å². The topological polar surface area (TPSA) is 70.6 Å². The summed E-state index contributed by atoms with van der Waals surface area (Å²) in [7, 11) is 0.772. The number of para-hydroxylation sites is 2. The maximum Gasteiger partial charge on any atom is 0.264 e. The fraction of sp³-hybridized carbons (Fsp3) is 0.385. The van der Waals surface area contributed by atoms with E-state index in [1.54, 1.807) is 0 Å². The van der Waals surface area contributed by atoms with Crippen molar-refractivity contribution in [3.05, 3.63) is 72.1 Å². The van der Waals surface area contributed by atoms with Crippen molar-refractivity contribution in [3.63, 3.8) is 0 Å². The second-order valence-electron chi connectivity index (χ2n) is 8.72. The Kier molecular flexibility index (Phi) is 8.54. The molecule has 1 aliphatic rings. The standard InChI is InChI=1S/C13H18N2O3S.C12H14N2.CH4/c1-15(8-9-18-19(2,16)17)10-12-5-3-4-11-6-7-14-13(11)12;1-13-7-8-14-6-5-10-3-2-4-11(9-13)12(10)14;/h3-7,14H,8-10H2,1-2H3;2-6H,7-9H2,1H3;1H4. The SMILES string of the molecule is C.CN(CCOS(C)(=O)=O)Cc1cccc2cc[nH]c12.CN1CCn2ccc3cccc(c32)C1. The number of nitrogens with zero attached hydrogens (tertiary/aromatic N) is 3. The zero-order valence-corrected chi connectivity index (χ0v) is 20.3. The van der Waals surface area contributed by atoms with Crippen LogP contribution in [0.25, 0.3) is 21.8 Å². The first-order valence-corrected chi connectivity index (χ1v) is 12.9. The minimum Gasteiger partial charge on any atom is -0.361 e. The quantitative estimate of drug-likeness (QED) is 0.413. The molecular weight excluding hydrogens is 448 g/mol. The first-order valence-electron chi connectivity index (χ1n) is 11.1. The summed E-state index contributed by atoms with van der Waals surface area (Å²) in [6.07, 6.45) is 5.18. The first-order chi connectivity index (χ1) is 15.8. The Morgan fingerprint density at radius 3 is 2.62 bits per heavy atom. The van der Waals surface area contributed by atoms with Gasteiger partial charge in [0.05, 0.1) is 18.4 Å². The molecule has 0 fully saturated rings. The average molecular weight is 485 g/mol. The second-order valence-corrected chi connectivity index (χ2v) is 10.4. The minimum atomic E-state index is -3.35. The van der Waals surface area contributed by atoms with E-state index in [-0.39, 0.29) is 14.0 Å². The fourth-order valence-corrected chi connectivity index (χ4v) is 4.68. The number of H-pyrrole nitrogens is 1. The fourth-order valence-electron chi connectivity index (χ4n) is 4.30. The third-order valence-electron chi connectivity index (χ3n) is 5.92. The van der Waals surface area contributed by atoms with Gasteiger partial charge in [-0.1, -0.05) is 43.8 Å². The number of hydrogen-bond acceptors (Lipinski definition) is 5.